The second kappa shape index (κ2) is 6.43. The molecule has 0 heterocycles. The first-order valence-corrected chi connectivity index (χ1v) is 7.36. The summed E-state index contributed by atoms with van der Waals surface area (Å²) in [6, 6.07) is 6.71. The zero-order chi connectivity index (χ0) is 13.8. The molecule has 0 amide bonds. The molecule has 0 fully saturated rings. The van der Waals surface area contributed by atoms with Gasteiger partial charge in [0.25, 0.3) is 0 Å². The number of hydrogen-bond donors (Lipinski definition) is 1. The molecule has 0 aliphatic rings. The van der Waals surface area contributed by atoms with Gasteiger partial charge in [0, 0.05) is 6.04 Å². The average molecular weight is 271 g/mol. The summed E-state index contributed by atoms with van der Waals surface area (Å²) in [7, 11) is -1.04. The summed E-state index contributed by atoms with van der Waals surface area (Å²) in [6.07, 6.45) is 1.74. The molecule has 0 radical (unpaired) electrons. The molecule has 2 nitrogen and oxygen atoms in total. The van der Waals surface area contributed by atoms with E-state index in [0.29, 0.717) is 0 Å². The van der Waals surface area contributed by atoms with Crippen LogP contribution in [0.25, 0.3) is 0 Å². The van der Waals surface area contributed by atoms with Gasteiger partial charge in [-0.25, -0.2) is 13.3 Å². The Morgan fingerprint density at radius 1 is 1.28 bits per heavy atom. The largest absolute Gasteiger partial charge is 0.242 e. The van der Waals surface area contributed by atoms with E-state index in [1.54, 1.807) is 12.1 Å². The highest BCUT2D eigenvalue weighted by molar-refractivity contribution is 7.84. The number of aryl methyl sites for hydroxylation is 1. The molecular formula is C14H22FNOS. The van der Waals surface area contributed by atoms with Crippen LogP contribution < -0.4 is 4.72 Å². The van der Waals surface area contributed by atoms with Gasteiger partial charge in [0.2, 0.25) is 0 Å². The van der Waals surface area contributed by atoms with Crippen LogP contribution in [0.4, 0.5) is 4.39 Å². The van der Waals surface area contributed by atoms with Crippen LogP contribution in [-0.4, -0.2) is 15.0 Å². The van der Waals surface area contributed by atoms with E-state index < -0.39 is 11.0 Å². The van der Waals surface area contributed by atoms with Crippen molar-refractivity contribution in [2.75, 3.05) is 0 Å². The monoisotopic (exact) mass is 271 g/mol. The molecular weight excluding hydrogens is 249 g/mol. The van der Waals surface area contributed by atoms with Gasteiger partial charge in [-0.15, -0.1) is 0 Å². The van der Waals surface area contributed by atoms with Crippen molar-refractivity contribution in [1.29, 1.82) is 0 Å². The summed E-state index contributed by atoms with van der Waals surface area (Å²) in [5.74, 6) is -0.209. The SMILES string of the molecule is CC(CCc1ccc(F)cc1)N[S@](=O)C(C)(C)C. The van der Waals surface area contributed by atoms with Crippen molar-refractivity contribution in [2.45, 2.75) is 51.3 Å². The predicted octanol–water partition coefficient (Wildman–Crippen LogP) is 3.20. The average Bonchev–Trinajstić information content (AvgIpc) is 2.27. The molecule has 1 aromatic rings. The molecule has 4 heteroatoms. The molecule has 0 aromatic heterocycles. The minimum Gasteiger partial charge on any atom is -0.242 e. The molecule has 0 saturated carbocycles. The lowest BCUT2D eigenvalue weighted by atomic mass is 10.1. The molecule has 0 aliphatic carbocycles. The van der Waals surface area contributed by atoms with Crippen LogP contribution >= 0.6 is 0 Å². The van der Waals surface area contributed by atoms with Gasteiger partial charge in [0.1, 0.15) is 5.82 Å². The van der Waals surface area contributed by atoms with E-state index in [2.05, 4.69) is 4.72 Å². The van der Waals surface area contributed by atoms with Crippen molar-refractivity contribution in [1.82, 2.24) is 4.72 Å². The predicted molar refractivity (Wildman–Crippen MR) is 75.2 cm³/mol. The second-order valence-electron chi connectivity index (χ2n) is 5.57. The Labute approximate surface area is 112 Å². The molecule has 0 aliphatic heterocycles. The van der Waals surface area contributed by atoms with Gasteiger partial charge in [-0.1, -0.05) is 12.1 Å². The van der Waals surface area contributed by atoms with Gasteiger partial charge in [-0.2, -0.15) is 0 Å². The number of rotatable bonds is 5. The lowest BCUT2D eigenvalue weighted by Crippen LogP contribution is -2.38. The fourth-order valence-corrected chi connectivity index (χ4v) is 2.29. The smallest absolute Gasteiger partial charge is 0.123 e. The Bertz CT molecular complexity index is 397. The van der Waals surface area contributed by atoms with Gasteiger partial charge in [-0.3, -0.25) is 0 Å². The van der Waals surface area contributed by atoms with Crippen molar-refractivity contribution in [2.24, 2.45) is 0 Å². The van der Waals surface area contributed by atoms with E-state index >= 15 is 0 Å². The summed E-state index contributed by atoms with van der Waals surface area (Å²) in [5, 5.41) is 0. The minimum absolute atomic E-state index is 0.176. The molecule has 18 heavy (non-hydrogen) atoms. The van der Waals surface area contributed by atoms with Crippen LogP contribution in [-0.2, 0) is 17.4 Å². The fourth-order valence-electron chi connectivity index (χ4n) is 1.45. The van der Waals surface area contributed by atoms with Crippen LogP contribution in [0.2, 0.25) is 0 Å². The molecule has 102 valence electrons. The summed E-state index contributed by atoms with van der Waals surface area (Å²) >= 11 is 0. The maximum atomic E-state index is 12.7. The van der Waals surface area contributed by atoms with Crippen molar-refractivity contribution in [3.05, 3.63) is 35.6 Å². The van der Waals surface area contributed by atoms with E-state index in [9.17, 15) is 8.60 Å². The Morgan fingerprint density at radius 3 is 2.33 bits per heavy atom. The molecule has 1 N–H and O–H groups in total. The number of benzene rings is 1. The first-order chi connectivity index (χ1) is 8.29. The van der Waals surface area contributed by atoms with Crippen molar-refractivity contribution >= 4 is 11.0 Å². The van der Waals surface area contributed by atoms with E-state index in [-0.39, 0.29) is 16.6 Å². The Morgan fingerprint density at radius 2 is 1.83 bits per heavy atom. The van der Waals surface area contributed by atoms with Gasteiger partial charge >= 0.3 is 0 Å². The third-order valence-electron chi connectivity index (χ3n) is 2.64. The lowest BCUT2D eigenvalue weighted by Gasteiger charge is -2.21. The number of halogens is 1. The highest BCUT2D eigenvalue weighted by atomic mass is 32.2. The maximum absolute atomic E-state index is 12.7. The zero-order valence-electron chi connectivity index (χ0n) is 11.5. The van der Waals surface area contributed by atoms with Crippen molar-refractivity contribution < 1.29 is 8.60 Å². The van der Waals surface area contributed by atoms with Crippen LogP contribution in [0.5, 0.6) is 0 Å². The van der Waals surface area contributed by atoms with Crippen molar-refractivity contribution in [3.8, 4) is 0 Å². The number of nitrogens with one attached hydrogen (secondary N) is 1. The van der Waals surface area contributed by atoms with E-state index in [4.69, 9.17) is 0 Å². The second-order valence-corrected chi connectivity index (χ2v) is 7.56. The third kappa shape index (κ3) is 5.27. The molecule has 0 saturated heterocycles. The van der Waals surface area contributed by atoms with Gasteiger partial charge in [0.15, 0.2) is 0 Å². The molecule has 1 aromatic carbocycles. The third-order valence-corrected chi connectivity index (χ3v) is 4.37. The Kier molecular flexibility index (Phi) is 5.47. The normalized spacial score (nSPS) is 15.4. The molecule has 1 rings (SSSR count). The maximum Gasteiger partial charge on any atom is 0.123 e. The topological polar surface area (TPSA) is 29.1 Å². The van der Waals surface area contributed by atoms with E-state index in [1.165, 1.54) is 12.1 Å². The molecule has 1 unspecified atom stereocenters. The van der Waals surface area contributed by atoms with Crippen LogP contribution in [0.1, 0.15) is 39.7 Å². The van der Waals surface area contributed by atoms with Gasteiger partial charge in [0.05, 0.1) is 15.7 Å². The minimum atomic E-state index is -1.04. The first-order valence-electron chi connectivity index (χ1n) is 6.21. The zero-order valence-corrected chi connectivity index (χ0v) is 12.3. The molecule has 0 bridgehead atoms. The fraction of sp³-hybridized carbons (Fsp3) is 0.571. The van der Waals surface area contributed by atoms with Gasteiger partial charge in [-0.05, 0) is 58.2 Å². The lowest BCUT2D eigenvalue weighted by molar-refractivity contribution is 0.580. The first kappa shape index (κ1) is 15.3. The van der Waals surface area contributed by atoms with Crippen LogP contribution in [0.15, 0.2) is 24.3 Å². The van der Waals surface area contributed by atoms with Crippen LogP contribution in [0.3, 0.4) is 0 Å². The number of hydrogen-bond acceptors (Lipinski definition) is 1. The van der Waals surface area contributed by atoms with Gasteiger partial charge < -0.3 is 0 Å². The summed E-state index contributed by atoms with van der Waals surface area (Å²) < 4.78 is 27.5. The summed E-state index contributed by atoms with van der Waals surface area (Å²) in [6.45, 7) is 7.86. The van der Waals surface area contributed by atoms with E-state index in [0.717, 1.165) is 18.4 Å². The quantitative estimate of drug-likeness (QED) is 0.875. The highest BCUT2D eigenvalue weighted by Gasteiger charge is 2.20. The molecule has 2 atom stereocenters. The van der Waals surface area contributed by atoms with Crippen LogP contribution in [0, 0.1) is 5.82 Å². The highest BCUT2D eigenvalue weighted by Crippen LogP contribution is 2.11. The molecule has 0 spiro atoms. The summed E-state index contributed by atoms with van der Waals surface area (Å²) in [5.41, 5.74) is 1.10. The summed E-state index contributed by atoms with van der Waals surface area (Å²) in [4.78, 5) is 0. The standard InChI is InChI=1S/C14H22FNOS/c1-11(16-18(17)14(2,3)4)5-6-12-7-9-13(15)10-8-12/h7-11,16H,5-6H2,1-4H3/t11?,18-/m1/s1. The Balaban J connectivity index is 2.40. The van der Waals surface area contributed by atoms with E-state index in [1.807, 2.05) is 27.7 Å². The van der Waals surface area contributed by atoms with Crippen molar-refractivity contribution in [3.63, 3.8) is 0 Å². The Hall–Kier alpha value is -0.740.